The maximum absolute atomic E-state index is 14.8. The summed E-state index contributed by atoms with van der Waals surface area (Å²) >= 11 is 0. The zero-order valence-electron chi connectivity index (χ0n) is 18.8. The minimum absolute atomic E-state index is 0.0971. The van der Waals surface area contributed by atoms with Gasteiger partial charge in [-0.2, -0.15) is 10.1 Å². The molecule has 170 valence electrons. The lowest BCUT2D eigenvalue weighted by Gasteiger charge is -2.36. The summed E-state index contributed by atoms with van der Waals surface area (Å²) < 4.78 is 36.2. The summed E-state index contributed by atoms with van der Waals surface area (Å²) in [7, 11) is 1.85. The number of aromatic nitrogens is 6. The average molecular weight is 451 g/mol. The molecule has 5 rings (SSSR count). The molecule has 8 nitrogen and oxygen atoms in total. The molecule has 0 bridgehead atoms. The summed E-state index contributed by atoms with van der Waals surface area (Å²) in [4.78, 5) is 20.5. The fourth-order valence-corrected chi connectivity index (χ4v) is 4.02. The van der Waals surface area contributed by atoms with Gasteiger partial charge in [-0.05, 0) is 32.9 Å². The first kappa shape index (κ1) is 21.3. The summed E-state index contributed by atoms with van der Waals surface area (Å²) in [5, 5.41) is 4.24. The van der Waals surface area contributed by atoms with E-state index < -0.39 is 11.6 Å². The van der Waals surface area contributed by atoms with E-state index in [0.29, 0.717) is 35.9 Å². The maximum atomic E-state index is 14.8. The van der Waals surface area contributed by atoms with Gasteiger partial charge in [0.25, 0.3) is 0 Å². The number of hydrogen-bond donors (Lipinski definition) is 0. The molecule has 0 saturated carbocycles. The largest absolute Gasteiger partial charge is 0.367 e. The molecule has 4 heterocycles. The number of fused-ring (bicyclic) bond motifs is 1. The fraction of sp³-hybridized carbons (Fsp3) is 0.348. The van der Waals surface area contributed by atoms with Crippen molar-refractivity contribution in [2.75, 3.05) is 18.0 Å². The molecule has 0 radical (unpaired) electrons. The third-order valence-electron chi connectivity index (χ3n) is 5.76. The first-order valence-corrected chi connectivity index (χ1v) is 10.7. The van der Waals surface area contributed by atoms with Crippen LogP contribution in [-0.4, -0.2) is 48.9 Å². The Balaban J connectivity index is 1.64. The van der Waals surface area contributed by atoms with Crippen molar-refractivity contribution in [3.63, 3.8) is 0 Å². The Morgan fingerprint density at radius 2 is 1.82 bits per heavy atom. The molecule has 0 N–H and O–H groups in total. The Labute approximate surface area is 189 Å². The minimum atomic E-state index is -0.718. The Morgan fingerprint density at radius 3 is 2.55 bits per heavy atom. The van der Waals surface area contributed by atoms with Crippen LogP contribution in [0.25, 0.3) is 22.4 Å². The number of morpholine rings is 1. The van der Waals surface area contributed by atoms with E-state index in [0.717, 1.165) is 17.3 Å². The van der Waals surface area contributed by atoms with E-state index in [1.807, 2.05) is 38.9 Å². The lowest BCUT2D eigenvalue weighted by atomic mass is 10.1. The van der Waals surface area contributed by atoms with Gasteiger partial charge in [0.1, 0.15) is 28.9 Å². The zero-order chi connectivity index (χ0) is 23.3. The van der Waals surface area contributed by atoms with E-state index in [1.54, 1.807) is 10.9 Å². The molecule has 1 fully saturated rings. The Hall–Kier alpha value is -3.53. The highest BCUT2D eigenvalue weighted by Crippen LogP contribution is 2.32. The molecule has 0 aliphatic carbocycles. The number of halogens is 2. The minimum Gasteiger partial charge on any atom is -0.367 e. The predicted molar refractivity (Wildman–Crippen MR) is 119 cm³/mol. The lowest BCUT2D eigenvalue weighted by molar-refractivity contribution is -0.0178. The van der Waals surface area contributed by atoms with Crippen LogP contribution in [0.2, 0.25) is 0 Å². The van der Waals surface area contributed by atoms with E-state index >= 15 is 0 Å². The molecule has 10 heteroatoms. The maximum Gasteiger partial charge on any atom is 0.228 e. The van der Waals surface area contributed by atoms with E-state index in [-0.39, 0.29) is 23.5 Å². The van der Waals surface area contributed by atoms with E-state index in [2.05, 4.69) is 20.1 Å². The molecule has 3 aromatic heterocycles. The van der Waals surface area contributed by atoms with E-state index in [1.165, 1.54) is 12.1 Å². The van der Waals surface area contributed by atoms with Crippen LogP contribution < -0.4 is 4.90 Å². The molecule has 1 aromatic carbocycles. The molecule has 0 unspecified atom stereocenters. The highest BCUT2D eigenvalue weighted by Gasteiger charge is 2.30. The SMILES string of the molecule is Cc1nc2nc(N3C[C@@H](c4cnn(C)c4)O[C@@H](C)C3)nc(-c3ccc(F)cc3F)c2nc1C. The van der Waals surface area contributed by atoms with Crippen molar-refractivity contribution in [2.24, 2.45) is 7.05 Å². The van der Waals surface area contributed by atoms with Gasteiger partial charge in [-0.1, -0.05) is 0 Å². The van der Waals surface area contributed by atoms with Crippen LogP contribution in [0.4, 0.5) is 14.7 Å². The molecule has 1 saturated heterocycles. The lowest BCUT2D eigenvalue weighted by Crippen LogP contribution is -2.43. The third kappa shape index (κ3) is 4.02. The van der Waals surface area contributed by atoms with Crippen molar-refractivity contribution < 1.29 is 13.5 Å². The van der Waals surface area contributed by atoms with Gasteiger partial charge in [0.15, 0.2) is 5.65 Å². The number of anilines is 1. The van der Waals surface area contributed by atoms with Gasteiger partial charge in [0, 0.05) is 37.0 Å². The molecule has 0 amide bonds. The van der Waals surface area contributed by atoms with Gasteiger partial charge in [-0.25, -0.2) is 23.7 Å². The molecule has 0 spiro atoms. The highest BCUT2D eigenvalue weighted by molar-refractivity contribution is 5.88. The number of ether oxygens (including phenoxy) is 1. The van der Waals surface area contributed by atoms with Crippen LogP contribution in [0, 0.1) is 25.5 Å². The summed E-state index contributed by atoms with van der Waals surface area (Å²) in [6.07, 6.45) is 3.37. The van der Waals surface area contributed by atoms with E-state index in [9.17, 15) is 8.78 Å². The Kier molecular flexibility index (Phi) is 5.24. The third-order valence-corrected chi connectivity index (χ3v) is 5.76. The van der Waals surface area contributed by atoms with Crippen molar-refractivity contribution in [1.82, 2.24) is 29.7 Å². The van der Waals surface area contributed by atoms with Crippen molar-refractivity contribution in [3.8, 4) is 11.3 Å². The summed E-state index contributed by atoms with van der Waals surface area (Å²) in [5.41, 5.74) is 3.52. The molecular weight excluding hydrogens is 428 g/mol. The second kappa shape index (κ2) is 8.11. The van der Waals surface area contributed by atoms with Crippen LogP contribution in [0.1, 0.15) is 30.0 Å². The van der Waals surface area contributed by atoms with Crippen molar-refractivity contribution >= 4 is 17.1 Å². The number of hydrogen-bond acceptors (Lipinski definition) is 7. The topological polar surface area (TPSA) is 81.9 Å². The normalized spacial score (nSPS) is 18.8. The summed E-state index contributed by atoms with van der Waals surface area (Å²) in [5.74, 6) is -0.985. The van der Waals surface area contributed by atoms with Crippen LogP contribution >= 0.6 is 0 Å². The van der Waals surface area contributed by atoms with Crippen LogP contribution in [0.3, 0.4) is 0 Å². The number of benzene rings is 1. The van der Waals surface area contributed by atoms with Gasteiger partial charge in [-0.3, -0.25) is 4.68 Å². The monoisotopic (exact) mass is 451 g/mol. The second-order valence-electron chi connectivity index (χ2n) is 8.35. The quantitative estimate of drug-likeness (QED) is 0.470. The zero-order valence-corrected chi connectivity index (χ0v) is 18.8. The first-order valence-electron chi connectivity index (χ1n) is 10.7. The summed E-state index contributed by atoms with van der Waals surface area (Å²) in [6, 6.07) is 3.41. The Morgan fingerprint density at radius 1 is 1.03 bits per heavy atom. The van der Waals surface area contributed by atoms with Gasteiger partial charge in [0.05, 0.1) is 30.2 Å². The predicted octanol–water partition coefficient (Wildman–Crippen LogP) is 3.68. The summed E-state index contributed by atoms with van der Waals surface area (Å²) in [6.45, 7) is 6.68. The van der Waals surface area contributed by atoms with Crippen molar-refractivity contribution in [1.29, 1.82) is 0 Å². The van der Waals surface area contributed by atoms with Crippen LogP contribution in [0.15, 0.2) is 30.6 Å². The smallest absolute Gasteiger partial charge is 0.228 e. The number of rotatable bonds is 3. The van der Waals surface area contributed by atoms with Gasteiger partial charge < -0.3 is 9.64 Å². The van der Waals surface area contributed by atoms with Crippen LogP contribution in [-0.2, 0) is 11.8 Å². The molecule has 33 heavy (non-hydrogen) atoms. The van der Waals surface area contributed by atoms with E-state index in [4.69, 9.17) is 9.72 Å². The second-order valence-corrected chi connectivity index (χ2v) is 8.35. The van der Waals surface area contributed by atoms with Crippen LogP contribution in [0.5, 0.6) is 0 Å². The number of nitrogens with zero attached hydrogens (tertiary/aromatic N) is 7. The van der Waals surface area contributed by atoms with Crippen molar-refractivity contribution in [2.45, 2.75) is 33.0 Å². The average Bonchev–Trinajstić information content (AvgIpc) is 3.20. The van der Waals surface area contributed by atoms with Gasteiger partial charge in [0.2, 0.25) is 5.95 Å². The molecule has 1 aliphatic heterocycles. The first-order chi connectivity index (χ1) is 15.8. The Bertz CT molecular complexity index is 1360. The standard InChI is InChI=1S/C23H23F2N7O/c1-12-9-32(11-19(33-12)15-8-26-31(4)10-15)23-29-20(17-6-5-16(24)7-18(17)25)21-22(30-23)28-14(3)13(2)27-21/h5-8,10,12,19H,9,11H2,1-4H3/t12-,19-/m0/s1. The van der Waals surface area contributed by atoms with Gasteiger partial charge >= 0.3 is 0 Å². The van der Waals surface area contributed by atoms with Gasteiger partial charge in [-0.15, -0.1) is 0 Å². The van der Waals surface area contributed by atoms with Crippen molar-refractivity contribution in [3.05, 3.63) is 59.2 Å². The molecule has 2 atom stereocenters. The highest BCUT2D eigenvalue weighted by atomic mass is 19.1. The number of aryl methyl sites for hydroxylation is 3. The molecular formula is C23H23F2N7O. The molecule has 4 aromatic rings. The molecule has 1 aliphatic rings. The fourth-order valence-electron chi connectivity index (χ4n) is 4.02.